The van der Waals surface area contributed by atoms with Crippen molar-refractivity contribution >= 4 is 21.5 Å². The van der Waals surface area contributed by atoms with Crippen LogP contribution in [0.5, 0.6) is 0 Å². The maximum atomic E-state index is 5.19. The smallest absolute Gasteiger partial charge is 0.304 e. The zero-order valence-electron chi connectivity index (χ0n) is 42.4. The van der Waals surface area contributed by atoms with E-state index in [2.05, 4.69) is 220 Å². The van der Waals surface area contributed by atoms with E-state index in [1.807, 2.05) is 67.0 Å². The van der Waals surface area contributed by atoms with Crippen molar-refractivity contribution in [1.82, 2.24) is 15.0 Å². The van der Waals surface area contributed by atoms with Gasteiger partial charge >= 0.3 is 20.1 Å². The van der Waals surface area contributed by atoms with Gasteiger partial charge in [0.15, 0.2) is 0 Å². The third-order valence-corrected chi connectivity index (χ3v) is 14.7. The van der Waals surface area contributed by atoms with Gasteiger partial charge in [-0.2, -0.15) is 0 Å². The van der Waals surface area contributed by atoms with Crippen molar-refractivity contribution in [3.8, 4) is 112 Å². The Hall–Kier alpha value is -9.18. The fourth-order valence-electron chi connectivity index (χ4n) is 10.9. The van der Waals surface area contributed by atoms with Crippen LogP contribution in [0.15, 0.2) is 255 Å². The monoisotopic (exact) mass is 1160 g/mol. The van der Waals surface area contributed by atoms with E-state index in [0.29, 0.717) is 0 Å². The summed E-state index contributed by atoms with van der Waals surface area (Å²) in [4.78, 5) is 15.2. The Kier molecular flexibility index (Phi) is 13.4. The minimum absolute atomic E-state index is 0. The largest absolute Gasteiger partial charge is 3.00 e. The van der Waals surface area contributed by atoms with E-state index in [1.165, 1.54) is 21.5 Å². The van der Waals surface area contributed by atoms with Gasteiger partial charge in [-0.05, 0) is 149 Å². The quantitative estimate of drug-likeness (QED) is 0.101. The van der Waals surface area contributed by atoms with E-state index in [4.69, 9.17) is 15.0 Å². The summed E-state index contributed by atoms with van der Waals surface area (Å²) in [5.41, 5.74) is 23.1. The molecule has 0 aliphatic heterocycles. The van der Waals surface area contributed by atoms with Crippen LogP contribution in [0, 0.1) is 32.0 Å². The van der Waals surface area contributed by atoms with Crippen LogP contribution in [0.25, 0.3) is 133 Å². The standard InChI is InChI=1S/C73H48N3.Ir/c1-48-38-71(51-21-6-3-7-22-51)74-45-68(48)64-31-17-14-28-60(64)56-41-57(61-29-15-18-32-65(61)69-46-75-72(39-49(69)2)52-23-8-4-9-24-52)43-58(42-56)62-30-16-19-33-66(62)70-47-76-73(53-25-10-5-11-26-53)44-67(70)55-36-37-63-54(40-55)35-34-50-20-12-13-27-59(50)63;/h3-21,23,25,27-47H,1-2H3;/q-3;+3. The normalized spacial score (nSPS) is 11.1. The molecule has 0 N–H and O–H groups in total. The maximum Gasteiger partial charge on any atom is 3.00 e. The van der Waals surface area contributed by atoms with Crippen LogP contribution in [0.4, 0.5) is 0 Å². The van der Waals surface area contributed by atoms with Crippen LogP contribution in [0.3, 0.4) is 0 Å². The number of hydrogen-bond donors (Lipinski definition) is 0. The molecule has 0 saturated heterocycles. The summed E-state index contributed by atoms with van der Waals surface area (Å²) in [6, 6.07) is 94.1. The first kappa shape index (κ1) is 48.7. The molecule has 0 unspecified atom stereocenters. The Morgan fingerprint density at radius 1 is 0.273 bits per heavy atom. The minimum atomic E-state index is 0. The van der Waals surface area contributed by atoms with Crippen molar-refractivity contribution in [2.24, 2.45) is 0 Å². The van der Waals surface area contributed by atoms with Crippen molar-refractivity contribution in [1.29, 1.82) is 0 Å². The van der Waals surface area contributed by atoms with Crippen molar-refractivity contribution in [3.63, 3.8) is 0 Å². The van der Waals surface area contributed by atoms with Crippen LogP contribution in [0.1, 0.15) is 11.1 Å². The minimum Gasteiger partial charge on any atom is -0.304 e. The van der Waals surface area contributed by atoms with Crippen molar-refractivity contribution in [2.75, 3.05) is 0 Å². The molecule has 0 atom stereocenters. The fraction of sp³-hybridized carbons (Fsp3) is 0.0274. The number of nitrogens with zero attached hydrogens (tertiary/aromatic N) is 3. The molecule has 4 heteroatoms. The molecule has 3 aromatic heterocycles. The Labute approximate surface area is 463 Å². The molecule has 0 fully saturated rings. The first-order valence-electron chi connectivity index (χ1n) is 25.7. The summed E-state index contributed by atoms with van der Waals surface area (Å²) >= 11 is 0. The van der Waals surface area contributed by atoms with Crippen LogP contribution < -0.4 is 0 Å². The molecule has 0 spiro atoms. The van der Waals surface area contributed by atoms with Gasteiger partial charge in [-0.3, -0.25) is 0 Å². The van der Waals surface area contributed by atoms with E-state index >= 15 is 0 Å². The zero-order chi connectivity index (χ0) is 51.0. The van der Waals surface area contributed by atoms with Gasteiger partial charge in [0.05, 0.1) is 0 Å². The Balaban J connectivity index is 0.00000596. The third-order valence-electron chi connectivity index (χ3n) is 14.7. The molecule has 3 heterocycles. The van der Waals surface area contributed by atoms with E-state index in [0.717, 1.165) is 123 Å². The second kappa shape index (κ2) is 21.2. The molecule has 0 saturated carbocycles. The van der Waals surface area contributed by atoms with E-state index in [-0.39, 0.29) is 20.1 Å². The zero-order valence-corrected chi connectivity index (χ0v) is 44.8. The molecule has 13 aromatic rings. The number of benzene rings is 10. The number of hydrogen-bond acceptors (Lipinski definition) is 3. The van der Waals surface area contributed by atoms with Gasteiger partial charge < -0.3 is 15.0 Å². The summed E-state index contributed by atoms with van der Waals surface area (Å²) in [7, 11) is 0. The Morgan fingerprint density at radius 3 is 1.13 bits per heavy atom. The summed E-state index contributed by atoms with van der Waals surface area (Å²) in [6.07, 6.45) is 6.10. The molecule has 0 aliphatic carbocycles. The average Bonchev–Trinajstić information content (AvgIpc) is 3.51. The summed E-state index contributed by atoms with van der Waals surface area (Å²) in [5, 5.41) is 4.89. The van der Waals surface area contributed by atoms with Crippen LogP contribution in [0.2, 0.25) is 0 Å². The molecule has 0 radical (unpaired) electrons. The second-order valence-corrected chi connectivity index (χ2v) is 19.4. The van der Waals surface area contributed by atoms with E-state index in [1.54, 1.807) is 0 Å². The van der Waals surface area contributed by atoms with Gasteiger partial charge in [0.2, 0.25) is 0 Å². The molecule has 0 aliphatic rings. The van der Waals surface area contributed by atoms with Crippen LogP contribution in [-0.4, -0.2) is 15.0 Å². The van der Waals surface area contributed by atoms with E-state index < -0.39 is 0 Å². The summed E-state index contributed by atoms with van der Waals surface area (Å²) in [5.74, 6) is 0. The second-order valence-electron chi connectivity index (χ2n) is 19.4. The van der Waals surface area contributed by atoms with Gasteiger partial charge in [-0.25, -0.2) is 0 Å². The SMILES string of the molecule is Cc1cc(-c2[c-]cccc2)ncc1-c1ccccc1-c1cc(-c2ccccc2-c2cnc(-c3[c-]cccc3)cc2C)cc(-c2ccccc2-c2cnc(-c3[c-]cccc3)cc2-c2ccc3c(ccc4ccccc43)c2)c1.[Ir+3]. The Bertz CT molecular complexity index is 4150. The summed E-state index contributed by atoms with van der Waals surface area (Å²) < 4.78 is 0. The molecule has 3 nitrogen and oxygen atoms in total. The predicted molar refractivity (Wildman–Crippen MR) is 315 cm³/mol. The van der Waals surface area contributed by atoms with Gasteiger partial charge in [-0.1, -0.05) is 140 Å². The average molecular weight is 1160 g/mol. The molecule has 10 aromatic carbocycles. The van der Waals surface area contributed by atoms with E-state index in [9.17, 15) is 0 Å². The third kappa shape index (κ3) is 9.51. The fourth-order valence-corrected chi connectivity index (χ4v) is 10.9. The maximum absolute atomic E-state index is 5.19. The predicted octanol–water partition coefficient (Wildman–Crippen LogP) is 18.9. The van der Waals surface area contributed by atoms with Crippen LogP contribution >= 0.6 is 0 Å². The Morgan fingerprint density at radius 2 is 0.662 bits per heavy atom. The van der Waals surface area contributed by atoms with Crippen molar-refractivity contribution in [3.05, 3.63) is 285 Å². The summed E-state index contributed by atoms with van der Waals surface area (Å²) in [6.45, 7) is 4.35. The van der Waals surface area contributed by atoms with Gasteiger partial charge in [0.1, 0.15) is 0 Å². The van der Waals surface area contributed by atoms with Crippen molar-refractivity contribution in [2.45, 2.75) is 13.8 Å². The molecule has 13 rings (SSSR count). The first-order valence-corrected chi connectivity index (χ1v) is 25.7. The van der Waals surface area contributed by atoms with Gasteiger partial charge in [0.25, 0.3) is 0 Å². The number of rotatable bonds is 10. The molecule has 364 valence electrons. The number of pyridine rings is 3. The first-order chi connectivity index (χ1) is 37.5. The molecule has 0 amide bonds. The van der Waals surface area contributed by atoms with Gasteiger partial charge in [0, 0.05) is 35.3 Å². The molecule has 77 heavy (non-hydrogen) atoms. The van der Waals surface area contributed by atoms with Crippen molar-refractivity contribution < 1.29 is 20.1 Å². The molecule has 0 bridgehead atoms. The molecular formula is C73H48IrN3. The van der Waals surface area contributed by atoms with Crippen LogP contribution in [-0.2, 0) is 20.1 Å². The number of fused-ring (bicyclic) bond motifs is 3. The number of aromatic nitrogens is 3. The molecular weight excluding hydrogens is 1110 g/mol. The topological polar surface area (TPSA) is 38.7 Å². The number of aryl methyl sites for hydroxylation is 2. The van der Waals surface area contributed by atoms with Gasteiger partial charge in [-0.15, -0.1) is 108 Å².